The Bertz CT molecular complexity index is 844. The molecule has 0 bridgehead atoms. The second-order valence-corrected chi connectivity index (χ2v) is 6.19. The monoisotopic (exact) mass is 371 g/mol. The third-order valence-corrected chi connectivity index (χ3v) is 4.16. The lowest BCUT2D eigenvalue weighted by molar-refractivity contribution is -0.122. The van der Waals surface area contributed by atoms with Crippen molar-refractivity contribution in [2.45, 2.75) is 38.6 Å². The second-order valence-electron chi connectivity index (χ2n) is 6.19. The highest BCUT2D eigenvalue weighted by atomic mass is 16.5. The molecule has 142 valence electrons. The number of ether oxygens (including phenoxy) is 1. The van der Waals surface area contributed by atoms with Crippen LogP contribution >= 0.6 is 0 Å². The average Bonchev–Trinajstić information content (AvgIpc) is 3.18. The minimum Gasteiger partial charge on any atom is -0.497 e. The van der Waals surface area contributed by atoms with E-state index in [0.717, 1.165) is 17.0 Å². The van der Waals surface area contributed by atoms with Crippen molar-refractivity contribution in [2.75, 3.05) is 7.11 Å². The molecule has 2 heterocycles. The molecule has 9 nitrogen and oxygen atoms in total. The summed E-state index contributed by atoms with van der Waals surface area (Å²) in [5.74, 6) is 1.27. The Kier molecular flexibility index (Phi) is 5.80. The Morgan fingerprint density at radius 1 is 1.33 bits per heavy atom. The normalized spacial score (nSPS) is 14.9. The minimum atomic E-state index is -0.412. The number of nitrogens with one attached hydrogen (secondary N) is 2. The third-order valence-electron chi connectivity index (χ3n) is 4.16. The number of carbonyl (C=O) groups excluding carboxylic acids is 2. The predicted octanol–water partition coefficient (Wildman–Crippen LogP) is 1.97. The van der Waals surface area contributed by atoms with E-state index >= 15 is 0 Å². The molecule has 1 unspecified atom stereocenters. The summed E-state index contributed by atoms with van der Waals surface area (Å²) in [6.07, 6.45) is 1.77. The van der Waals surface area contributed by atoms with E-state index in [4.69, 9.17) is 9.26 Å². The fourth-order valence-corrected chi connectivity index (χ4v) is 2.59. The fourth-order valence-electron chi connectivity index (χ4n) is 2.59. The van der Waals surface area contributed by atoms with Crippen LogP contribution in [0.1, 0.15) is 44.5 Å². The van der Waals surface area contributed by atoms with Gasteiger partial charge in [-0.3, -0.25) is 9.59 Å². The zero-order valence-corrected chi connectivity index (χ0v) is 15.2. The molecule has 0 spiro atoms. The maximum atomic E-state index is 12.1. The number of hydrogen-bond donors (Lipinski definition) is 2. The van der Waals surface area contributed by atoms with E-state index < -0.39 is 6.04 Å². The molecule has 2 N–H and O–H groups in total. The fraction of sp³-hybridized carbons (Fsp3) is 0.389. The van der Waals surface area contributed by atoms with Crippen molar-refractivity contribution in [1.29, 1.82) is 0 Å². The highest BCUT2D eigenvalue weighted by Crippen LogP contribution is 2.21. The number of aromatic nitrogens is 2. The van der Waals surface area contributed by atoms with Gasteiger partial charge < -0.3 is 14.6 Å². The van der Waals surface area contributed by atoms with Crippen molar-refractivity contribution in [3.63, 3.8) is 0 Å². The van der Waals surface area contributed by atoms with Gasteiger partial charge >= 0.3 is 0 Å². The summed E-state index contributed by atoms with van der Waals surface area (Å²) < 4.78 is 10.4. The number of hydrazone groups is 1. The van der Waals surface area contributed by atoms with Crippen LogP contribution in [0.25, 0.3) is 11.4 Å². The Morgan fingerprint density at radius 3 is 2.78 bits per heavy atom. The van der Waals surface area contributed by atoms with Crippen molar-refractivity contribution in [2.24, 2.45) is 5.10 Å². The van der Waals surface area contributed by atoms with Gasteiger partial charge in [-0.05, 0) is 44.0 Å². The molecule has 2 aromatic rings. The first kappa shape index (κ1) is 18.6. The standard InChI is InChI=1S/C18H21N5O4/c1-11(19-15(24)9-5-13-6-10-16(25)22-21-13)18-20-17(23-27-18)12-3-7-14(26-2)8-4-12/h3-4,7-8,11H,5-6,9-10H2,1-2H3,(H,19,24)(H,22,25). The highest BCUT2D eigenvalue weighted by Gasteiger charge is 2.18. The molecule has 1 aliphatic heterocycles. The maximum absolute atomic E-state index is 12.1. The van der Waals surface area contributed by atoms with Crippen LogP contribution in [-0.4, -0.2) is 34.8 Å². The van der Waals surface area contributed by atoms with Crippen LogP contribution in [0.2, 0.25) is 0 Å². The van der Waals surface area contributed by atoms with Crippen molar-refractivity contribution < 1.29 is 18.8 Å². The molecular weight excluding hydrogens is 350 g/mol. The third kappa shape index (κ3) is 4.90. The smallest absolute Gasteiger partial charge is 0.249 e. The molecule has 1 aromatic heterocycles. The van der Waals surface area contributed by atoms with Crippen molar-refractivity contribution >= 4 is 17.5 Å². The molecule has 27 heavy (non-hydrogen) atoms. The lowest BCUT2D eigenvalue weighted by Gasteiger charge is -2.13. The van der Waals surface area contributed by atoms with Crippen molar-refractivity contribution in [3.8, 4) is 17.1 Å². The van der Waals surface area contributed by atoms with Gasteiger partial charge in [0.1, 0.15) is 11.8 Å². The van der Waals surface area contributed by atoms with E-state index in [0.29, 0.717) is 31.0 Å². The van der Waals surface area contributed by atoms with E-state index in [9.17, 15) is 9.59 Å². The molecule has 3 rings (SSSR count). The lowest BCUT2D eigenvalue weighted by atomic mass is 10.1. The van der Waals surface area contributed by atoms with Gasteiger partial charge in [-0.25, -0.2) is 5.43 Å². The topological polar surface area (TPSA) is 119 Å². The van der Waals surface area contributed by atoms with Crippen molar-refractivity contribution in [1.82, 2.24) is 20.9 Å². The average molecular weight is 371 g/mol. The Morgan fingerprint density at radius 2 is 2.11 bits per heavy atom. The SMILES string of the molecule is COc1ccc(-c2noc(C(C)NC(=O)CCC3=NNC(=O)CC3)n2)cc1. The summed E-state index contributed by atoms with van der Waals surface area (Å²) in [7, 11) is 1.60. The van der Waals surface area contributed by atoms with Gasteiger partial charge in [0.15, 0.2) is 0 Å². The summed E-state index contributed by atoms with van der Waals surface area (Å²) >= 11 is 0. The van der Waals surface area contributed by atoms with E-state index in [2.05, 4.69) is 26.0 Å². The lowest BCUT2D eigenvalue weighted by Crippen LogP contribution is -2.29. The zero-order chi connectivity index (χ0) is 19.2. The zero-order valence-electron chi connectivity index (χ0n) is 15.2. The van der Waals surface area contributed by atoms with Gasteiger partial charge in [0, 0.05) is 24.1 Å². The van der Waals surface area contributed by atoms with E-state index in [-0.39, 0.29) is 18.2 Å². The van der Waals surface area contributed by atoms with Gasteiger partial charge in [0.25, 0.3) is 0 Å². The first-order chi connectivity index (χ1) is 13.0. The number of nitrogens with zero attached hydrogens (tertiary/aromatic N) is 3. The number of amides is 2. The summed E-state index contributed by atoms with van der Waals surface area (Å²) in [6.45, 7) is 1.78. The molecule has 9 heteroatoms. The van der Waals surface area contributed by atoms with Gasteiger partial charge in [-0.1, -0.05) is 5.16 Å². The summed E-state index contributed by atoms with van der Waals surface area (Å²) in [5.41, 5.74) is 4.03. The molecule has 1 aliphatic rings. The Labute approximate surface area is 156 Å². The first-order valence-electron chi connectivity index (χ1n) is 8.67. The molecule has 0 fully saturated rings. The quantitative estimate of drug-likeness (QED) is 0.768. The molecule has 1 atom stereocenters. The van der Waals surface area contributed by atoms with Crippen LogP contribution in [0.4, 0.5) is 0 Å². The molecular formula is C18H21N5O4. The van der Waals surface area contributed by atoms with Crippen LogP contribution in [-0.2, 0) is 9.59 Å². The molecule has 0 radical (unpaired) electrons. The van der Waals surface area contributed by atoms with E-state index in [1.165, 1.54) is 0 Å². The van der Waals surface area contributed by atoms with E-state index in [1.54, 1.807) is 14.0 Å². The van der Waals surface area contributed by atoms with Gasteiger partial charge in [0.05, 0.1) is 7.11 Å². The Balaban J connectivity index is 1.53. The number of benzene rings is 1. The van der Waals surface area contributed by atoms with Crippen LogP contribution in [0.3, 0.4) is 0 Å². The van der Waals surface area contributed by atoms with Gasteiger partial charge in [-0.15, -0.1) is 0 Å². The van der Waals surface area contributed by atoms with E-state index in [1.807, 2.05) is 24.3 Å². The molecule has 0 aliphatic carbocycles. The first-order valence-corrected chi connectivity index (χ1v) is 8.67. The van der Waals surface area contributed by atoms with Crippen LogP contribution in [0.5, 0.6) is 5.75 Å². The molecule has 0 saturated heterocycles. The molecule has 1 aromatic carbocycles. The van der Waals surface area contributed by atoms with Crippen molar-refractivity contribution in [3.05, 3.63) is 30.2 Å². The van der Waals surface area contributed by atoms with Gasteiger partial charge in [0.2, 0.25) is 23.5 Å². The van der Waals surface area contributed by atoms with Crippen LogP contribution in [0.15, 0.2) is 33.9 Å². The summed E-state index contributed by atoms with van der Waals surface area (Å²) in [6, 6.07) is 6.88. The minimum absolute atomic E-state index is 0.0964. The number of hydrogen-bond acceptors (Lipinski definition) is 7. The molecule has 2 amide bonds. The molecule has 0 saturated carbocycles. The predicted molar refractivity (Wildman–Crippen MR) is 96.9 cm³/mol. The van der Waals surface area contributed by atoms with Crippen LogP contribution in [0, 0.1) is 0 Å². The summed E-state index contributed by atoms with van der Waals surface area (Å²) in [5, 5.41) is 10.7. The highest BCUT2D eigenvalue weighted by molar-refractivity contribution is 5.94. The summed E-state index contributed by atoms with van der Waals surface area (Å²) in [4.78, 5) is 27.5. The second kappa shape index (κ2) is 8.43. The Hall–Kier alpha value is -3.23. The van der Waals surface area contributed by atoms with Crippen LogP contribution < -0.4 is 15.5 Å². The number of carbonyl (C=O) groups is 2. The number of methoxy groups -OCH3 is 1. The number of rotatable bonds is 7. The maximum Gasteiger partial charge on any atom is 0.249 e. The van der Waals surface area contributed by atoms with Gasteiger partial charge in [-0.2, -0.15) is 10.1 Å². The largest absolute Gasteiger partial charge is 0.497 e.